The molecule has 2 rings (SSSR count). The molecule has 76 valence electrons. The molecule has 1 aromatic heterocycles. The van der Waals surface area contributed by atoms with Gasteiger partial charge >= 0.3 is 5.97 Å². The summed E-state index contributed by atoms with van der Waals surface area (Å²) in [6.07, 6.45) is 2.37. The molecule has 0 aromatic carbocycles. The molecule has 0 saturated heterocycles. The second-order valence-corrected chi connectivity index (χ2v) is 4.22. The largest absolute Gasteiger partial charge is 0.481 e. The minimum atomic E-state index is -0.806. The second kappa shape index (κ2) is 4.00. The van der Waals surface area contributed by atoms with Gasteiger partial charge in [-0.1, -0.05) is 11.8 Å². The Kier molecular flexibility index (Phi) is 2.72. The fourth-order valence-electron chi connectivity index (χ4n) is 1.000. The summed E-state index contributed by atoms with van der Waals surface area (Å²) in [5.74, 6) is 0.820. The third-order valence-corrected chi connectivity index (χ3v) is 2.71. The molecule has 1 aromatic rings. The van der Waals surface area contributed by atoms with E-state index in [1.54, 1.807) is 0 Å². The molecule has 0 radical (unpaired) electrons. The number of thioether (sulfide) groups is 1. The summed E-state index contributed by atoms with van der Waals surface area (Å²) in [5.41, 5.74) is 0. The lowest BCUT2D eigenvalue weighted by molar-refractivity contribution is -0.136. The van der Waals surface area contributed by atoms with Crippen molar-refractivity contribution in [1.82, 2.24) is 10.2 Å². The Balaban J connectivity index is 1.80. The molecule has 1 heterocycles. The highest BCUT2D eigenvalue weighted by atomic mass is 32.2. The summed E-state index contributed by atoms with van der Waals surface area (Å²) in [6.45, 7) is 0. The maximum absolute atomic E-state index is 10.2. The fraction of sp³-hybridized carbons (Fsp3) is 0.625. The van der Waals surface area contributed by atoms with Crippen molar-refractivity contribution in [3.8, 4) is 0 Å². The van der Waals surface area contributed by atoms with Crippen LogP contribution in [0, 0.1) is 0 Å². The molecule has 0 spiro atoms. The summed E-state index contributed by atoms with van der Waals surface area (Å²) >= 11 is 1.29. The van der Waals surface area contributed by atoms with Gasteiger partial charge in [-0.25, -0.2) is 0 Å². The Morgan fingerprint density at radius 1 is 1.57 bits per heavy atom. The van der Waals surface area contributed by atoms with Gasteiger partial charge in [0.1, 0.15) is 0 Å². The molecule has 14 heavy (non-hydrogen) atoms. The molecule has 0 unspecified atom stereocenters. The summed E-state index contributed by atoms with van der Waals surface area (Å²) in [5, 5.41) is 16.6. The van der Waals surface area contributed by atoms with Gasteiger partial charge < -0.3 is 9.52 Å². The highest BCUT2D eigenvalue weighted by Crippen LogP contribution is 2.39. The summed E-state index contributed by atoms with van der Waals surface area (Å²) in [4.78, 5) is 10.2. The zero-order valence-corrected chi connectivity index (χ0v) is 8.29. The molecular weight excluding hydrogens is 204 g/mol. The van der Waals surface area contributed by atoms with Crippen molar-refractivity contribution in [2.75, 3.05) is 5.75 Å². The SMILES string of the molecule is O=C(O)CCSc1nnc(C2CC2)o1. The van der Waals surface area contributed by atoms with Crippen molar-refractivity contribution in [2.24, 2.45) is 0 Å². The molecular formula is C8H10N2O3S. The lowest BCUT2D eigenvalue weighted by atomic mass is 10.4. The van der Waals surface area contributed by atoms with Crippen molar-refractivity contribution in [1.29, 1.82) is 0 Å². The zero-order valence-electron chi connectivity index (χ0n) is 7.47. The van der Waals surface area contributed by atoms with Gasteiger partial charge in [-0.3, -0.25) is 4.79 Å². The molecule has 1 fully saturated rings. The number of hydrogen-bond acceptors (Lipinski definition) is 5. The number of hydrogen-bond donors (Lipinski definition) is 1. The van der Waals surface area contributed by atoms with Crippen LogP contribution in [0.3, 0.4) is 0 Å². The Bertz CT molecular complexity index is 335. The Hall–Kier alpha value is -1.04. The van der Waals surface area contributed by atoms with Gasteiger partial charge in [0.15, 0.2) is 0 Å². The number of carboxylic acids is 1. The van der Waals surface area contributed by atoms with Gasteiger partial charge in [0.05, 0.1) is 6.42 Å². The molecule has 0 atom stereocenters. The predicted octanol–water partition coefficient (Wildman–Crippen LogP) is 1.51. The van der Waals surface area contributed by atoms with Crippen LogP contribution in [0.4, 0.5) is 0 Å². The zero-order chi connectivity index (χ0) is 9.97. The van der Waals surface area contributed by atoms with Crippen molar-refractivity contribution in [3.05, 3.63) is 5.89 Å². The van der Waals surface area contributed by atoms with Crippen molar-refractivity contribution in [2.45, 2.75) is 30.4 Å². The average molecular weight is 214 g/mol. The van der Waals surface area contributed by atoms with Crippen molar-refractivity contribution < 1.29 is 14.3 Å². The molecule has 0 amide bonds. The maximum atomic E-state index is 10.2. The molecule has 5 nitrogen and oxygen atoms in total. The fourth-order valence-corrected chi connectivity index (χ4v) is 1.69. The van der Waals surface area contributed by atoms with Crippen LogP contribution in [0.15, 0.2) is 9.64 Å². The van der Waals surface area contributed by atoms with Gasteiger partial charge in [0.25, 0.3) is 5.22 Å². The van der Waals surface area contributed by atoms with Crippen LogP contribution in [0.5, 0.6) is 0 Å². The maximum Gasteiger partial charge on any atom is 0.304 e. The third-order valence-electron chi connectivity index (χ3n) is 1.89. The van der Waals surface area contributed by atoms with E-state index in [4.69, 9.17) is 9.52 Å². The number of nitrogens with zero attached hydrogens (tertiary/aromatic N) is 2. The summed E-state index contributed by atoms with van der Waals surface area (Å²) in [6, 6.07) is 0. The van der Waals surface area contributed by atoms with E-state index in [1.807, 2.05) is 0 Å². The molecule has 1 saturated carbocycles. The van der Waals surface area contributed by atoms with Crippen LogP contribution in [0.1, 0.15) is 31.1 Å². The van der Waals surface area contributed by atoms with Crippen LogP contribution < -0.4 is 0 Å². The van der Waals surface area contributed by atoms with Crippen LogP contribution >= 0.6 is 11.8 Å². The molecule has 0 bridgehead atoms. The Morgan fingerprint density at radius 3 is 3.00 bits per heavy atom. The highest BCUT2D eigenvalue weighted by molar-refractivity contribution is 7.99. The van der Waals surface area contributed by atoms with Gasteiger partial charge in [-0.05, 0) is 12.8 Å². The Morgan fingerprint density at radius 2 is 2.36 bits per heavy atom. The summed E-state index contributed by atoms with van der Waals surface area (Å²) in [7, 11) is 0. The first-order valence-corrected chi connectivity index (χ1v) is 5.42. The third kappa shape index (κ3) is 2.47. The lowest BCUT2D eigenvalue weighted by Crippen LogP contribution is -1.95. The normalized spacial score (nSPS) is 15.7. The minimum Gasteiger partial charge on any atom is -0.481 e. The quantitative estimate of drug-likeness (QED) is 0.749. The first-order chi connectivity index (χ1) is 6.75. The monoisotopic (exact) mass is 214 g/mol. The van der Waals surface area contributed by atoms with Crippen LogP contribution in [-0.4, -0.2) is 27.0 Å². The van der Waals surface area contributed by atoms with Crippen molar-refractivity contribution >= 4 is 17.7 Å². The summed E-state index contributed by atoms with van der Waals surface area (Å²) < 4.78 is 5.34. The lowest BCUT2D eigenvalue weighted by Gasteiger charge is -1.91. The van der Waals surface area contributed by atoms with E-state index < -0.39 is 5.97 Å². The predicted molar refractivity (Wildman–Crippen MR) is 49.2 cm³/mol. The number of carboxylic acid groups (broad SMARTS) is 1. The average Bonchev–Trinajstić information content (AvgIpc) is 2.87. The molecule has 1 aliphatic rings. The van der Waals surface area contributed by atoms with Crippen LogP contribution in [0.25, 0.3) is 0 Å². The topological polar surface area (TPSA) is 76.2 Å². The van der Waals surface area contributed by atoms with Gasteiger partial charge in [0, 0.05) is 11.7 Å². The molecule has 6 heteroatoms. The minimum absolute atomic E-state index is 0.117. The van der Waals surface area contributed by atoms with Gasteiger partial charge in [-0.2, -0.15) is 0 Å². The number of aromatic nitrogens is 2. The van der Waals surface area contributed by atoms with E-state index in [9.17, 15) is 4.79 Å². The second-order valence-electron chi connectivity index (χ2n) is 3.17. The van der Waals surface area contributed by atoms with E-state index in [-0.39, 0.29) is 6.42 Å². The number of aliphatic carboxylic acids is 1. The highest BCUT2D eigenvalue weighted by Gasteiger charge is 2.29. The van der Waals surface area contributed by atoms with E-state index in [0.29, 0.717) is 22.8 Å². The first-order valence-electron chi connectivity index (χ1n) is 4.43. The van der Waals surface area contributed by atoms with Crippen molar-refractivity contribution in [3.63, 3.8) is 0 Å². The van der Waals surface area contributed by atoms with Gasteiger partial charge in [-0.15, -0.1) is 10.2 Å². The molecule has 1 N–H and O–H groups in total. The number of carbonyl (C=O) groups is 1. The van der Waals surface area contributed by atoms with Gasteiger partial charge in [0.2, 0.25) is 5.89 Å². The van der Waals surface area contributed by atoms with Crippen LogP contribution in [-0.2, 0) is 4.79 Å². The first kappa shape index (κ1) is 9.51. The number of rotatable bonds is 5. The van der Waals surface area contributed by atoms with E-state index in [1.165, 1.54) is 11.8 Å². The van der Waals surface area contributed by atoms with E-state index in [2.05, 4.69) is 10.2 Å². The van der Waals surface area contributed by atoms with E-state index in [0.717, 1.165) is 12.8 Å². The Labute approximate surface area is 84.9 Å². The van der Waals surface area contributed by atoms with Crippen LogP contribution in [0.2, 0.25) is 0 Å². The smallest absolute Gasteiger partial charge is 0.304 e. The standard InChI is InChI=1S/C8H10N2O3S/c11-6(12)3-4-14-8-10-9-7(13-8)5-1-2-5/h5H,1-4H2,(H,11,12). The van der Waals surface area contributed by atoms with E-state index >= 15 is 0 Å². The molecule has 0 aliphatic heterocycles. The molecule has 1 aliphatic carbocycles.